The van der Waals surface area contributed by atoms with Gasteiger partial charge in [-0.15, -0.1) is 0 Å². The number of anilines is 1. The summed E-state index contributed by atoms with van der Waals surface area (Å²) in [7, 11) is 0. The Morgan fingerprint density at radius 2 is 2.26 bits per heavy atom. The van der Waals surface area contributed by atoms with Crippen LogP contribution in [0.3, 0.4) is 0 Å². The van der Waals surface area contributed by atoms with Crippen LogP contribution in [0, 0.1) is 6.92 Å². The van der Waals surface area contributed by atoms with Crippen molar-refractivity contribution in [2.75, 3.05) is 5.32 Å². The molecule has 0 aliphatic rings. The lowest BCUT2D eigenvalue weighted by molar-refractivity contribution is 0.102. The number of hydrogen-bond acceptors (Lipinski definition) is 4. The minimum atomic E-state index is -0.194. The van der Waals surface area contributed by atoms with Crippen molar-refractivity contribution < 1.29 is 9.32 Å². The van der Waals surface area contributed by atoms with Gasteiger partial charge in [0.2, 0.25) is 0 Å². The Labute approximate surface area is 134 Å². The highest BCUT2D eigenvalue weighted by molar-refractivity contribution is 6.05. The SMILES string of the molecule is CCc1noc(C)c1C(=O)Nc1cccc(Cn2ccnc2)c1. The molecular weight excluding hydrogens is 292 g/mol. The van der Waals surface area contributed by atoms with Gasteiger partial charge in [0, 0.05) is 24.6 Å². The highest BCUT2D eigenvalue weighted by Gasteiger charge is 2.19. The molecule has 6 nitrogen and oxygen atoms in total. The number of carbonyl (C=O) groups is 1. The minimum Gasteiger partial charge on any atom is -0.361 e. The monoisotopic (exact) mass is 310 g/mol. The lowest BCUT2D eigenvalue weighted by Crippen LogP contribution is -2.14. The van der Waals surface area contributed by atoms with Gasteiger partial charge in [-0.2, -0.15) is 0 Å². The molecule has 1 aromatic carbocycles. The van der Waals surface area contributed by atoms with Crippen molar-refractivity contribution in [3.8, 4) is 0 Å². The maximum absolute atomic E-state index is 12.5. The van der Waals surface area contributed by atoms with Crippen molar-refractivity contribution in [3.63, 3.8) is 0 Å². The molecule has 0 saturated carbocycles. The fraction of sp³-hybridized carbons (Fsp3) is 0.235. The van der Waals surface area contributed by atoms with E-state index in [2.05, 4.69) is 15.5 Å². The molecule has 118 valence electrons. The summed E-state index contributed by atoms with van der Waals surface area (Å²) in [5, 5.41) is 6.83. The Kier molecular flexibility index (Phi) is 4.23. The minimum absolute atomic E-state index is 0.194. The van der Waals surface area contributed by atoms with E-state index in [1.807, 2.05) is 42.0 Å². The van der Waals surface area contributed by atoms with Crippen LogP contribution >= 0.6 is 0 Å². The third kappa shape index (κ3) is 3.31. The molecule has 0 unspecified atom stereocenters. The second-order valence-electron chi connectivity index (χ2n) is 5.30. The maximum Gasteiger partial charge on any atom is 0.261 e. The molecule has 0 aliphatic heterocycles. The largest absolute Gasteiger partial charge is 0.361 e. The lowest BCUT2D eigenvalue weighted by Gasteiger charge is -2.08. The van der Waals surface area contributed by atoms with Gasteiger partial charge >= 0.3 is 0 Å². The summed E-state index contributed by atoms with van der Waals surface area (Å²) >= 11 is 0. The fourth-order valence-corrected chi connectivity index (χ4v) is 2.48. The third-order valence-corrected chi connectivity index (χ3v) is 3.60. The highest BCUT2D eigenvalue weighted by atomic mass is 16.5. The smallest absolute Gasteiger partial charge is 0.261 e. The Morgan fingerprint density at radius 1 is 1.39 bits per heavy atom. The summed E-state index contributed by atoms with van der Waals surface area (Å²) in [6.07, 6.45) is 6.06. The van der Waals surface area contributed by atoms with Gasteiger partial charge in [-0.25, -0.2) is 4.98 Å². The number of benzene rings is 1. The van der Waals surface area contributed by atoms with E-state index in [1.54, 1.807) is 19.4 Å². The lowest BCUT2D eigenvalue weighted by atomic mass is 10.1. The van der Waals surface area contributed by atoms with Crippen LogP contribution in [0.4, 0.5) is 5.69 Å². The number of aromatic nitrogens is 3. The molecule has 0 radical (unpaired) electrons. The van der Waals surface area contributed by atoms with Crippen LogP contribution in [0.2, 0.25) is 0 Å². The van der Waals surface area contributed by atoms with E-state index in [0.717, 1.165) is 11.3 Å². The first-order valence-corrected chi connectivity index (χ1v) is 7.48. The normalized spacial score (nSPS) is 10.7. The second-order valence-corrected chi connectivity index (χ2v) is 5.30. The summed E-state index contributed by atoms with van der Waals surface area (Å²) in [6.45, 7) is 4.40. The van der Waals surface area contributed by atoms with E-state index < -0.39 is 0 Å². The molecule has 2 heterocycles. The van der Waals surface area contributed by atoms with Crippen molar-refractivity contribution >= 4 is 11.6 Å². The van der Waals surface area contributed by atoms with Gasteiger partial charge in [-0.3, -0.25) is 4.79 Å². The Hall–Kier alpha value is -2.89. The van der Waals surface area contributed by atoms with E-state index in [-0.39, 0.29) is 5.91 Å². The van der Waals surface area contributed by atoms with Gasteiger partial charge in [-0.05, 0) is 31.0 Å². The van der Waals surface area contributed by atoms with Crippen LogP contribution in [0.5, 0.6) is 0 Å². The molecule has 0 aliphatic carbocycles. The molecule has 0 fully saturated rings. The average molecular weight is 310 g/mol. The van der Waals surface area contributed by atoms with E-state index in [0.29, 0.717) is 30.0 Å². The molecule has 0 saturated heterocycles. The number of nitrogens with one attached hydrogen (secondary N) is 1. The fourth-order valence-electron chi connectivity index (χ4n) is 2.48. The van der Waals surface area contributed by atoms with Gasteiger partial charge in [0.05, 0.1) is 12.0 Å². The number of nitrogens with zero attached hydrogens (tertiary/aromatic N) is 3. The molecular formula is C17H18N4O2. The van der Waals surface area contributed by atoms with Gasteiger partial charge in [-0.1, -0.05) is 24.2 Å². The number of amides is 1. The van der Waals surface area contributed by atoms with E-state index in [9.17, 15) is 4.79 Å². The number of aryl methyl sites for hydroxylation is 2. The first-order valence-electron chi connectivity index (χ1n) is 7.48. The Balaban J connectivity index is 1.77. The van der Waals surface area contributed by atoms with Crippen LogP contribution in [0.15, 0.2) is 47.5 Å². The standard InChI is InChI=1S/C17H18N4O2/c1-3-15-16(12(2)23-20-15)17(22)19-14-6-4-5-13(9-14)10-21-8-7-18-11-21/h4-9,11H,3,10H2,1-2H3,(H,19,22). The van der Waals surface area contributed by atoms with Crippen LogP contribution < -0.4 is 5.32 Å². The van der Waals surface area contributed by atoms with Crippen LogP contribution in [0.25, 0.3) is 0 Å². The molecule has 0 bridgehead atoms. The first kappa shape index (κ1) is 15.0. The van der Waals surface area contributed by atoms with E-state index in [4.69, 9.17) is 4.52 Å². The first-order chi connectivity index (χ1) is 11.2. The summed E-state index contributed by atoms with van der Waals surface area (Å²) < 4.78 is 7.09. The van der Waals surface area contributed by atoms with Crippen molar-refractivity contribution in [2.45, 2.75) is 26.8 Å². The zero-order valence-electron chi connectivity index (χ0n) is 13.1. The predicted molar refractivity (Wildman–Crippen MR) is 86.3 cm³/mol. The highest BCUT2D eigenvalue weighted by Crippen LogP contribution is 2.18. The van der Waals surface area contributed by atoms with Crippen molar-refractivity contribution in [1.29, 1.82) is 0 Å². The van der Waals surface area contributed by atoms with Crippen LogP contribution in [-0.4, -0.2) is 20.6 Å². The second kappa shape index (κ2) is 6.48. The topological polar surface area (TPSA) is 73.0 Å². The van der Waals surface area contributed by atoms with Gasteiger partial charge in [0.1, 0.15) is 11.3 Å². The number of carbonyl (C=O) groups excluding carboxylic acids is 1. The van der Waals surface area contributed by atoms with Crippen molar-refractivity contribution in [2.24, 2.45) is 0 Å². The number of rotatable bonds is 5. The van der Waals surface area contributed by atoms with Crippen LogP contribution in [-0.2, 0) is 13.0 Å². The predicted octanol–water partition coefficient (Wildman–Crippen LogP) is 3.04. The van der Waals surface area contributed by atoms with E-state index in [1.165, 1.54) is 0 Å². The molecule has 6 heteroatoms. The van der Waals surface area contributed by atoms with Gasteiger partial charge in [0.25, 0.3) is 5.91 Å². The molecule has 0 atom stereocenters. The summed E-state index contributed by atoms with van der Waals surface area (Å²) in [5.41, 5.74) is 3.02. The summed E-state index contributed by atoms with van der Waals surface area (Å²) in [4.78, 5) is 16.5. The van der Waals surface area contributed by atoms with Gasteiger partial charge in [0.15, 0.2) is 0 Å². The Morgan fingerprint density at radius 3 is 3.00 bits per heavy atom. The summed E-state index contributed by atoms with van der Waals surface area (Å²) in [6, 6.07) is 7.75. The van der Waals surface area contributed by atoms with E-state index >= 15 is 0 Å². The number of hydrogen-bond donors (Lipinski definition) is 1. The van der Waals surface area contributed by atoms with Crippen LogP contribution in [0.1, 0.15) is 34.3 Å². The quantitative estimate of drug-likeness (QED) is 0.786. The zero-order chi connectivity index (χ0) is 16.2. The maximum atomic E-state index is 12.5. The molecule has 1 N–H and O–H groups in total. The van der Waals surface area contributed by atoms with Crippen molar-refractivity contribution in [1.82, 2.24) is 14.7 Å². The Bertz CT molecular complexity index is 806. The third-order valence-electron chi connectivity index (χ3n) is 3.60. The molecule has 3 rings (SSSR count). The zero-order valence-corrected chi connectivity index (χ0v) is 13.1. The molecule has 2 aromatic heterocycles. The molecule has 1 amide bonds. The summed E-state index contributed by atoms with van der Waals surface area (Å²) in [5.74, 6) is 0.342. The molecule has 23 heavy (non-hydrogen) atoms. The van der Waals surface area contributed by atoms with Crippen molar-refractivity contribution in [3.05, 3.63) is 65.6 Å². The van der Waals surface area contributed by atoms with Gasteiger partial charge < -0.3 is 14.4 Å². The average Bonchev–Trinajstić information content (AvgIpc) is 3.16. The molecule has 3 aromatic rings. The molecule has 0 spiro atoms. The number of imidazole rings is 1.